The molecule has 200 valence electrons. The van der Waals surface area contributed by atoms with E-state index in [0.717, 1.165) is 54.2 Å². The minimum absolute atomic E-state index is 0.00212. The molecule has 7 nitrogen and oxygen atoms in total. The number of fused-ring (bicyclic) bond motifs is 2. The van der Waals surface area contributed by atoms with Gasteiger partial charge in [0.1, 0.15) is 6.07 Å². The third-order valence-corrected chi connectivity index (χ3v) is 8.09. The average molecular weight is 522 g/mol. The molecule has 2 aliphatic rings. The highest BCUT2D eigenvalue weighted by atomic mass is 16.2. The maximum atomic E-state index is 13.5. The first kappa shape index (κ1) is 26.5. The molecule has 0 aromatic heterocycles. The number of amides is 2. The number of anilines is 3. The average Bonchev–Trinajstić information content (AvgIpc) is 3.01. The first-order valence-corrected chi connectivity index (χ1v) is 13.4. The second-order valence-corrected chi connectivity index (χ2v) is 11.5. The van der Waals surface area contributed by atoms with Gasteiger partial charge in [-0.1, -0.05) is 57.2 Å². The quantitative estimate of drug-likeness (QED) is 0.511. The molecule has 3 aromatic carbocycles. The van der Waals surface area contributed by atoms with Crippen LogP contribution < -0.4 is 15.1 Å². The van der Waals surface area contributed by atoms with Gasteiger partial charge in [0.15, 0.2) is 0 Å². The molecule has 0 bridgehead atoms. The predicted octanol–water partition coefficient (Wildman–Crippen LogP) is 5.22. The number of hydrogen-bond donors (Lipinski definition) is 1. The highest BCUT2D eigenvalue weighted by Crippen LogP contribution is 2.45. The lowest BCUT2D eigenvalue weighted by Gasteiger charge is -2.47. The number of nitriles is 1. The maximum absolute atomic E-state index is 13.5. The molecule has 1 fully saturated rings. The summed E-state index contributed by atoms with van der Waals surface area (Å²) < 4.78 is 0. The van der Waals surface area contributed by atoms with Crippen molar-refractivity contribution in [1.82, 2.24) is 4.90 Å². The van der Waals surface area contributed by atoms with E-state index in [4.69, 9.17) is 0 Å². The van der Waals surface area contributed by atoms with Gasteiger partial charge >= 0.3 is 0 Å². The van der Waals surface area contributed by atoms with Gasteiger partial charge in [0.05, 0.1) is 16.8 Å². The molecule has 1 saturated heterocycles. The van der Waals surface area contributed by atoms with E-state index in [1.165, 1.54) is 0 Å². The number of nitrogens with zero attached hydrogens (tertiary/aromatic N) is 4. The molecule has 1 N–H and O–H groups in total. The minimum atomic E-state index is -0.521. The zero-order valence-electron chi connectivity index (χ0n) is 23.3. The van der Waals surface area contributed by atoms with E-state index < -0.39 is 11.0 Å². The third kappa shape index (κ3) is 4.55. The van der Waals surface area contributed by atoms with E-state index >= 15 is 0 Å². The van der Waals surface area contributed by atoms with Gasteiger partial charge in [-0.25, -0.2) is 0 Å². The monoisotopic (exact) mass is 521 g/mol. The first-order valence-electron chi connectivity index (χ1n) is 13.4. The van der Waals surface area contributed by atoms with E-state index in [1.807, 2.05) is 76.3 Å². The van der Waals surface area contributed by atoms with Gasteiger partial charge in [-0.15, -0.1) is 0 Å². The van der Waals surface area contributed by atoms with Crippen LogP contribution >= 0.6 is 0 Å². The normalized spacial score (nSPS) is 19.5. The Kier molecular flexibility index (Phi) is 6.69. The van der Waals surface area contributed by atoms with Crippen molar-refractivity contribution in [2.24, 2.45) is 5.41 Å². The Morgan fingerprint density at radius 1 is 0.923 bits per heavy atom. The lowest BCUT2D eigenvalue weighted by atomic mass is 9.80. The molecule has 2 amide bonds. The lowest BCUT2D eigenvalue weighted by molar-refractivity contribution is -0.123. The standard InChI is InChI=1S/C32H35N5O2/c1-31(2,3)30(39)34-23-14-15-27(22(20-23)21-33)36-16-18-37(19-17-36)32(4)25-11-7-6-10-24(25)29(38)35(5)28-13-9-8-12-26(28)32/h6-15,20H,16-19H2,1-5H3,(H,34,39). The summed E-state index contributed by atoms with van der Waals surface area (Å²) in [5.41, 5.74) is 4.77. The van der Waals surface area contributed by atoms with Crippen molar-refractivity contribution in [2.75, 3.05) is 48.3 Å². The molecular weight excluding hydrogens is 486 g/mol. The molecule has 5 rings (SSSR count). The van der Waals surface area contributed by atoms with Gasteiger partial charge in [-0.3, -0.25) is 14.5 Å². The van der Waals surface area contributed by atoms with E-state index in [0.29, 0.717) is 11.3 Å². The summed E-state index contributed by atoms with van der Waals surface area (Å²) in [5.74, 6) is -0.0909. The fourth-order valence-corrected chi connectivity index (χ4v) is 5.74. The molecule has 2 aliphatic heterocycles. The number of nitrogens with one attached hydrogen (secondary N) is 1. The molecule has 0 radical (unpaired) electrons. The summed E-state index contributed by atoms with van der Waals surface area (Å²) in [5, 5.41) is 12.9. The van der Waals surface area contributed by atoms with E-state index in [9.17, 15) is 14.9 Å². The summed E-state index contributed by atoms with van der Waals surface area (Å²) in [6.45, 7) is 10.8. The van der Waals surface area contributed by atoms with Gasteiger partial charge in [0.25, 0.3) is 5.91 Å². The van der Waals surface area contributed by atoms with Crippen LogP contribution in [0.2, 0.25) is 0 Å². The van der Waals surface area contributed by atoms with Crippen LogP contribution in [0, 0.1) is 16.7 Å². The Balaban J connectivity index is 1.44. The van der Waals surface area contributed by atoms with E-state index in [1.54, 1.807) is 11.0 Å². The molecular formula is C32H35N5O2. The second kappa shape index (κ2) is 9.87. The Labute approximate surface area is 230 Å². The SMILES string of the molecule is CN1C(=O)c2ccccc2C(C)(N2CCN(c3ccc(NC(=O)C(C)(C)C)cc3C#N)CC2)c2ccccc21. The zero-order valence-corrected chi connectivity index (χ0v) is 23.3. The van der Waals surface area contributed by atoms with Crippen LogP contribution in [-0.2, 0) is 10.3 Å². The summed E-state index contributed by atoms with van der Waals surface area (Å²) in [4.78, 5) is 32.4. The van der Waals surface area contributed by atoms with Gasteiger partial charge in [0, 0.05) is 61.1 Å². The number of benzene rings is 3. The molecule has 2 heterocycles. The van der Waals surface area contributed by atoms with Crippen molar-refractivity contribution in [1.29, 1.82) is 5.26 Å². The molecule has 0 saturated carbocycles. The minimum Gasteiger partial charge on any atom is -0.368 e. The van der Waals surface area contributed by atoms with Crippen LogP contribution in [0.1, 0.15) is 54.7 Å². The molecule has 1 unspecified atom stereocenters. The molecule has 0 aliphatic carbocycles. The third-order valence-electron chi connectivity index (χ3n) is 8.09. The Bertz CT molecular complexity index is 1480. The smallest absolute Gasteiger partial charge is 0.258 e. The summed E-state index contributed by atoms with van der Waals surface area (Å²) >= 11 is 0. The first-order chi connectivity index (χ1) is 18.6. The zero-order chi connectivity index (χ0) is 27.9. The van der Waals surface area contributed by atoms with Crippen LogP contribution in [0.5, 0.6) is 0 Å². The van der Waals surface area contributed by atoms with Crippen LogP contribution in [0.3, 0.4) is 0 Å². The second-order valence-electron chi connectivity index (χ2n) is 11.5. The molecule has 39 heavy (non-hydrogen) atoms. The highest BCUT2D eigenvalue weighted by molar-refractivity contribution is 6.08. The van der Waals surface area contributed by atoms with Crippen molar-refractivity contribution in [3.63, 3.8) is 0 Å². The van der Waals surface area contributed by atoms with Gasteiger partial charge in [-0.05, 0) is 42.8 Å². The largest absolute Gasteiger partial charge is 0.368 e. The van der Waals surface area contributed by atoms with Crippen molar-refractivity contribution in [3.8, 4) is 6.07 Å². The molecule has 1 atom stereocenters. The van der Waals surface area contributed by atoms with Crippen molar-refractivity contribution in [3.05, 3.63) is 89.0 Å². The van der Waals surface area contributed by atoms with Crippen molar-refractivity contribution >= 4 is 28.9 Å². The van der Waals surface area contributed by atoms with Gasteiger partial charge in [-0.2, -0.15) is 5.26 Å². The Morgan fingerprint density at radius 2 is 1.56 bits per heavy atom. The summed E-state index contributed by atoms with van der Waals surface area (Å²) in [7, 11) is 1.85. The Hall–Kier alpha value is -4.15. The molecule has 0 spiro atoms. The number of hydrogen-bond acceptors (Lipinski definition) is 5. The Morgan fingerprint density at radius 3 is 2.23 bits per heavy atom. The molecule has 7 heteroatoms. The number of rotatable bonds is 3. The summed E-state index contributed by atoms with van der Waals surface area (Å²) in [6.07, 6.45) is 0. The van der Waals surface area contributed by atoms with Crippen LogP contribution in [0.25, 0.3) is 0 Å². The number of carbonyl (C=O) groups is 2. The van der Waals surface area contributed by atoms with Crippen LogP contribution in [0.4, 0.5) is 17.1 Å². The van der Waals surface area contributed by atoms with Crippen molar-refractivity contribution < 1.29 is 9.59 Å². The number of carbonyl (C=O) groups excluding carboxylic acids is 2. The van der Waals surface area contributed by atoms with Gasteiger partial charge < -0.3 is 15.1 Å². The van der Waals surface area contributed by atoms with E-state index in [-0.39, 0.29) is 11.8 Å². The highest BCUT2D eigenvalue weighted by Gasteiger charge is 2.44. The number of para-hydroxylation sites is 1. The molecule has 3 aromatic rings. The number of piperazine rings is 1. The maximum Gasteiger partial charge on any atom is 0.258 e. The summed E-state index contributed by atoms with van der Waals surface area (Å²) in [6, 6.07) is 24.0. The topological polar surface area (TPSA) is 79.7 Å². The van der Waals surface area contributed by atoms with E-state index in [2.05, 4.69) is 40.2 Å². The lowest BCUT2D eigenvalue weighted by Crippen LogP contribution is -2.55. The van der Waals surface area contributed by atoms with Crippen LogP contribution in [0.15, 0.2) is 66.7 Å². The van der Waals surface area contributed by atoms with Crippen LogP contribution in [-0.4, -0.2) is 49.9 Å². The van der Waals surface area contributed by atoms with Crippen molar-refractivity contribution in [2.45, 2.75) is 33.2 Å². The van der Waals surface area contributed by atoms with Gasteiger partial charge in [0.2, 0.25) is 5.91 Å². The predicted molar refractivity (Wildman–Crippen MR) is 155 cm³/mol. The fourth-order valence-electron chi connectivity index (χ4n) is 5.74. The fraction of sp³-hybridized carbons (Fsp3) is 0.344.